The molecule has 10 N–H and O–H groups in total. The van der Waals surface area contributed by atoms with Gasteiger partial charge in [0, 0.05) is 12.8 Å². The van der Waals surface area contributed by atoms with Crippen LogP contribution < -0.4 is 0 Å². The molecule has 1 heterocycles. The number of aliphatic hydroxyl groups excluding tert-OH is 3. The number of phenols is 7. The Morgan fingerprint density at radius 3 is 1.85 bits per heavy atom. The second-order valence-corrected chi connectivity index (χ2v) is 11.2. The molecule has 15 nitrogen and oxygen atoms in total. The predicted molar refractivity (Wildman–Crippen MR) is 159 cm³/mol. The first-order chi connectivity index (χ1) is 22.2. The van der Waals surface area contributed by atoms with Crippen molar-refractivity contribution in [2.75, 3.05) is 6.61 Å². The van der Waals surface area contributed by atoms with Crippen LogP contribution in [0.1, 0.15) is 40.7 Å². The van der Waals surface area contributed by atoms with E-state index in [0.717, 1.165) is 12.1 Å². The van der Waals surface area contributed by atoms with Gasteiger partial charge in [-0.15, -0.1) is 0 Å². The molecule has 3 aromatic rings. The van der Waals surface area contributed by atoms with Gasteiger partial charge in [0.1, 0.15) is 36.8 Å². The lowest BCUT2D eigenvalue weighted by atomic mass is 9.97. The minimum Gasteiger partial charge on any atom is -0.504 e. The van der Waals surface area contributed by atoms with Crippen molar-refractivity contribution in [2.24, 2.45) is 0 Å². The molecule has 254 valence electrons. The lowest BCUT2D eigenvalue weighted by molar-refractivity contribution is -0.311. The van der Waals surface area contributed by atoms with Gasteiger partial charge in [-0.3, -0.25) is 4.79 Å². The van der Waals surface area contributed by atoms with Crippen LogP contribution in [0.15, 0.2) is 48.5 Å². The van der Waals surface area contributed by atoms with Gasteiger partial charge < -0.3 is 65.3 Å². The minimum atomic E-state index is -1.83. The van der Waals surface area contributed by atoms with Crippen molar-refractivity contribution in [3.05, 3.63) is 65.2 Å². The van der Waals surface area contributed by atoms with E-state index in [2.05, 4.69) is 0 Å². The number of ketones is 1. The number of rotatable bonds is 13. The number of benzene rings is 3. The Kier molecular flexibility index (Phi) is 11.3. The van der Waals surface area contributed by atoms with Crippen molar-refractivity contribution in [2.45, 2.75) is 68.9 Å². The van der Waals surface area contributed by atoms with Gasteiger partial charge in [0.05, 0.1) is 11.7 Å². The summed E-state index contributed by atoms with van der Waals surface area (Å²) in [6, 6.07) is 10.0. The molecular formula is C32H36O15. The monoisotopic (exact) mass is 660 g/mol. The van der Waals surface area contributed by atoms with E-state index in [1.54, 1.807) is 12.1 Å². The third-order valence-corrected chi connectivity index (χ3v) is 7.66. The number of aromatic hydroxyl groups is 7. The predicted octanol–water partition coefficient (Wildman–Crippen LogP) is 1.20. The number of Topliss-reactive ketones (excluding diaryl/α,β-unsaturated/α-hetero) is 1. The van der Waals surface area contributed by atoms with Crippen LogP contribution in [0.25, 0.3) is 0 Å². The van der Waals surface area contributed by atoms with Crippen molar-refractivity contribution in [3.8, 4) is 40.2 Å². The van der Waals surface area contributed by atoms with Crippen molar-refractivity contribution in [1.29, 1.82) is 0 Å². The van der Waals surface area contributed by atoms with Crippen molar-refractivity contribution in [3.63, 3.8) is 0 Å². The third-order valence-electron chi connectivity index (χ3n) is 7.66. The molecule has 1 aliphatic rings. The molecule has 47 heavy (non-hydrogen) atoms. The molecule has 0 amide bonds. The van der Waals surface area contributed by atoms with Crippen molar-refractivity contribution < 1.29 is 74.9 Å². The lowest BCUT2D eigenvalue weighted by Crippen LogP contribution is -2.60. The number of ether oxygens (including phenoxy) is 3. The van der Waals surface area contributed by atoms with Gasteiger partial charge in [-0.2, -0.15) is 0 Å². The average molecular weight is 661 g/mol. The summed E-state index contributed by atoms with van der Waals surface area (Å²) in [6.07, 6.45) is -8.96. The molecule has 0 saturated carbocycles. The van der Waals surface area contributed by atoms with Gasteiger partial charge >= 0.3 is 5.97 Å². The molecule has 0 bridgehead atoms. The highest BCUT2D eigenvalue weighted by molar-refractivity contribution is 5.91. The van der Waals surface area contributed by atoms with E-state index >= 15 is 0 Å². The fourth-order valence-corrected chi connectivity index (χ4v) is 4.95. The molecule has 4 rings (SSSR count). The standard InChI is InChI=1S/C32H36O15/c33-18(5-1-15-3-7-20(34)22(36)9-15)13-19(6-2-16-4-8-21(35)23(37)10-16)46-32-30(43)29(42)28(41)26(47-32)14-45-31(44)17-11-24(38)27(40)25(39)12-17/h3-4,7-12,19,26,28-30,32,34-43H,1-2,5-6,13-14H2. The highest BCUT2D eigenvalue weighted by atomic mass is 16.7. The molecule has 6 unspecified atom stereocenters. The Balaban J connectivity index is 1.44. The van der Waals surface area contributed by atoms with Crippen LogP contribution in [0.2, 0.25) is 0 Å². The quantitative estimate of drug-likeness (QED) is 0.0912. The highest BCUT2D eigenvalue weighted by Crippen LogP contribution is 2.36. The van der Waals surface area contributed by atoms with E-state index < -0.39 is 66.6 Å². The maximum atomic E-state index is 13.0. The highest BCUT2D eigenvalue weighted by Gasteiger charge is 2.45. The van der Waals surface area contributed by atoms with Crippen LogP contribution >= 0.6 is 0 Å². The van der Waals surface area contributed by atoms with E-state index in [-0.39, 0.29) is 66.4 Å². The Morgan fingerprint density at radius 2 is 1.28 bits per heavy atom. The van der Waals surface area contributed by atoms with Crippen molar-refractivity contribution in [1.82, 2.24) is 0 Å². The van der Waals surface area contributed by atoms with Crippen LogP contribution in [-0.4, -0.2) is 106 Å². The van der Waals surface area contributed by atoms with Crippen LogP contribution in [0.5, 0.6) is 40.2 Å². The first-order valence-corrected chi connectivity index (χ1v) is 14.5. The third kappa shape index (κ3) is 8.93. The number of esters is 1. The summed E-state index contributed by atoms with van der Waals surface area (Å²) in [5.74, 6) is -5.12. The number of carbonyl (C=O) groups is 2. The number of aryl methyl sites for hydroxylation is 2. The molecule has 6 atom stereocenters. The Morgan fingerprint density at radius 1 is 0.702 bits per heavy atom. The van der Waals surface area contributed by atoms with Gasteiger partial charge in [-0.25, -0.2) is 4.79 Å². The van der Waals surface area contributed by atoms with Gasteiger partial charge in [-0.1, -0.05) is 12.1 Å². The lowest BCUT2D eigenvalue weighted by Gasteiger charge is -2.41. The molecular weight excluding hydrogens is 624 g/mol. The first kappa shape index (κ1) is 35.1. The van der Waals surface area contributed by atoms with Crippen molar-refractivity contribution >= 4 is 11.8 Å². The fourth-order valence-electron chi connectivity index (χ4n) is 4.95. The molecule has 15 heteroatoms. The maximum Gasteiger partial charge on any atom is 0.338 e. The zero-order chi connectivity index (χ0) is 34.4. The SMILES string of the molecule is O=C(CCc1ccc(O)c(O)c1)CC(CCc1ccc(O)c(O)c1)OC1OC(COC(=O)c2cc(O)c(O)c(O)c2)C(O)C(O)C1O. The van der Waals surface area contributed by atoms with E-state index in [1.165, 1.54) is 24.3 Å². The van der Waals surface area contributed by atoms with E-state index in [4.69, 9.17) is 14.2 Å². The molecule has 0 aliphatic carbocycles. The second-order valence-electron chi connectivity index (χ2n) is 11.2. The van der Waals surface area contributed by atoms with Crippen LogP contribution in [0.3, 0.4) is 0 Å². The summed E-state index contributed by atoms with van der Waals surface area (Å²) < 4.78 is 16.7. The molecule has 0 spiro atoms. The van der Waals surface area contributed by atoms with Crippen LogP contribution in [0.4, 0.5) is 0 Å². The molecule has 0 radical (unpaired) electrons. The van der Waals surface area contributed by atoms with E-state index in [9.17, 15) is 60.7 Å². The normalized spacial score (nSPS) is 21.6. The molecule has 3 aromatic carbocycles. The zero-order valence-electron chi connectivity index (χ0n) is 24.8. The van der Waals surface area contributed by atoms with E-state index in [0.29, 0.717) is 11.1 Å². The van der Waals surface area contributed by atoms with E-state index in [1.807, 2.05) is 0 Å². The molecule has 1 aliphatic heterocycles. The summed E-state index contributed by atoms with van der Waals surface area (Å²) in [6.45, 7) is -0.679. The molecule has 1 fully saturated rings. The summed E-state index contributed by atoms with van der Waals surface area (Å²) in [5, 5.41) is 99.2. The number of aliphatic hydroxyl groups is 3. The summed E-state index contributed by atoms with van der Waals surface area (Å²) >= 11 is 0. The summed E-state index contributed by atoms with van der Waals surface area (Å²) in [7, 11) is 0. The number of hydrogen-bond acceptors (Lipinski definition) is 15. The summed E-state index contributed by atoms with van der Waals surface area (Å²) in [5.41, 5.74) is 0.819. The smallest absolute Gasteiger partial charge is 0.338 e. The Hall–Kier alpha value is -4.80. The largest absolute Gasteiger partial charge is 0.504 e. The number of hydrogen-bond donors (Lipinski definition) is 10. The second kappa shape index (κ2) is 15.2. The van der Waals surface area contributed by atoms with Crippen LogP contribution in [-0.2, 0) is 31.8 Å². The zero-order valence-corrected chi connectivity index (χ0v) is 24.8. The molecule has 0 aromatic heterocycles. The fraction of sp³-hybridized carbons (Fsp3) is 0.375. The average Bonchev–Trinajstić information content (AvgIpc) is 3.03. The first-order valence-electron chi connectivity index (χ1n) is 14.5. The number of carbonyl (C=O) groups excluding carboxylic acids is 2. The Labute approximate surface area is 267 Å². The number of phenolic OH excluding ortho intramolecular Hbond substituents is 7. The summed E-state index contributed by atoms with van der Waals surface area (Å²) in [4.78, 5) is 25.5. The maximum absolute atomic E-state index is 13.0. The van der Waals surface area contributed by atoms with Crippen LogP contribution in [0, 0.1) is 0 Å². The molecule has 1 saturated heterocycles. The topological polar surface area (TPSA) is 264 Å². The van der Waals surface area contributed by atoms with Gasteiger partial charge in [0.25, 0.3) is 0 Å². The Bertz CT molecular complexity index is 1550. The van der Waals surface area contributed by atoms with Gasteiger partial charge in [-0.05, 0) is 66.8 Å². The van der Waals surface area contributed by atoms with Gasteiger partial charge in [0.2, 0.25) is 0 Å². The van der Waals surface area contributed by atoms with Gasteiger partial charge in [0.15, 0.2) is 46.5 Å². The minimum absolute atomic E-state index is 0.0143.